The molecule has 0 aliphatic heterocycles. The molecule has 6 nitrogen and oxygen atoms in total. The summed E-state index contributed by atoms with van der Waals surface area (Å²) in [5.74, 6) is -0.241. The first kappa shape index (κ1) is 19.3. The number of nitro groups is 1. The van der Waals surface area contributed by atoms with Gasteiger partial charge in [0.05, 0.1) is 4.92 Å². The average Bonchev–Trinajstić information content (AvgIpc) is 2.37. The number of aryl methyl sites for hydroxylation is 1. The molecule has 0 spiro atoms. The number of amides is 1. The van der Waals surface area contributed by atoms with Gasteiger partial charge in [0.2, 0.25) is 0 Å². The van der Waals surface area contributed by atoms with Gasteiger partial charge in [-0.2, -0.15) is 0 Å². The van der Waals surface area contributed by atoms with Crippen molar-refractivity contribution in [2.24, 2.45) is 11.1 Å². The molecule has 0 fully saturated rings. The highest BCUT2D eigenvalue weighted by molar-refractivity contribution is 5.94. The van der Waals surface area contributed by atoms with Gasteiger partial charge in [-0.15, -0.1) is 12.4 Å². The molecule has 0 aliphatic carbocycles. The maximum absolute atomic E-state index is 12.3. The molecule has 0 aliphatic rings. The molecular weight excluding hydrogens is 294 g/mol. The van der Waals surface area contributed by atoms with E-state index in [0.29, 0.717) is 24.2 Å². The topological polar surface area (TPSA) is 89.5 Å². The molecule has 0 saturated heterocycles. The van der Waals surface area contributed by atoms with E-state index in [1.165, 1.54) is 6.07 Å². The third kappa shape index (κ3) is 4.99. The van der Waals surface area contributed by atoms with Gasteiger partial charge in [0.15, 0.2) is 0 Å². The standard InChI is InChI=1S/C14H21N3O3.ClH/c1-10-5-6-11(7-12(10)17(19)20)13(18)16(4)9-14(2,3)8-15;/h5-7H,8-9,15H2,1-4H3;1H. The lowest BCUT2D eigenvalue weighted by atomic mass is 9.93. The second kappa shape index (κ2) is 7.38. The van der Waals surface area contributed by atoms with E-state index in [2.05, 4.69) is 0 Å². The van der Waals surface area contributed by atoms with Crippen molar-refractivity contribution in [1.29, 1.82) is 0 Å². The highest BCUT2D eigenvalue weighted by Crippen LogP contribution is 2.21. The highest BCUT2D eigenvalue weighted by Gasteiger charge is 2.23. The van der Waals surface area contributed by atoms with Crippen molar-refractivity contribution in [2.45, 2.75) is 20.8 Å². The van der Waals surface area contributed by atoms with Gasteiger partial charge in [0.25, 0.3) is 11.6 Å². The number of nitrogens with zero attached hydrogens (tertiary/aromatic N) is 2. The van der Waals surface area contributed by atoms with Crippen LogP contribution in [0.3, 0.4) is 0 Å². The van der Waals surface area contributed by atoms with Crippen LogP contribution in [0.1, 0.15) is 29.8 Å². The lowest BCUT2D eigenvalue weighted by Gasteiger charge is -2.29. The zero-order valence-corrected chi connectivity index (χ0v) is 13.6. The van der Waals surface area contributed by atoms with Crippen molar-refractivity contribution >= 4 is 24.0 Å². The van der Waals surface area contributed by atoms with Crippen molar-refractivity contribution < 1.29 is 9.72 Å². The minimum atomic E-state index is -0.476. The van der Waals surface area contributed by atoms with Gasteiger partial charge in [-0.1, -0.05) is 19.9 Å². The van der Waals surface area contributed by atoms with Crippen LogP contribution in [0.25, 0.3) is 0 Å². The molecule has 118 valence electrons. The first-order valence-electron chi connectivity index (χ1n) is 6.38. The summed E-state index contributed by atoms with van der Waals surface area (Å²) in [5, 5.41) is 10.9. The molecule has 1 rings (SSSR count). The van der Waals surface area contributed by atoms with Crippen molar-refractivity contribution in [3.8, 4) is 0 Å². The predicted molar refractivity (Wildman–Crippen MR) is 84.9 cm³/mol. The van der Waals surface area contributed by atoms with Crippen LogP contribution in [0, 0.1) is 22.5 Å². The summed E-state index contributed by atoms with van der Waals surface area (Å²) in [5.41, 5.74) is 6.27. The molecule has 1 aromatic rings. The Labute approximate surface area is 130 Å². The summed E-state index contributed by atoms with van der Waals surface area (Å²) >= 11 is 0. The zero-order valence-electron chi connectivity index (χ0n) is 12.8. The first-order chi connectivity index (χ1) is 9.18. The Morgan fingerprint density at radius 2 is 2.00 bits per heavy atom. The van der Waals surface area contributed by atoms with Crippen molar-refractivity contribution in [3.05, 3.63) is 39.4 Å². The molecule has 1 amide bonds. The van der Waals surface area contributed by atoms with Crippen molar-refractivity contribution in [2.75, 3.05) is 20.1 Å². The first-order valence-corrected chi connectivity index (χ1v) is 6.38. The Kier molecular flexibility index (Phi) is 6.79. The Bertz CT molecular complexity index is 532. The quantitative estimate of drug-likeness (QED) is 0.667. The largest absolute Gasteiger partial charge is 0.341 e. The van der Waals surface area contributed by atoms with Gasteiger partial charge in [-0.25, -0.2) is 0 Å². The van der Waals surface area contributed by atoms with E-state index in [4.69, 9.17) is 5.73 Å². The molecule has 2 N–H and O–H groups in total. The van der Waals surface area contributed by atoms with Gasteiger partial charge in [0, 0.05) is 30.8 Å². The van der Waals surface area contributed by atoms with Crippen molar-refractivity contribution in [3.63, 3.8) is 0 Å². The van der Waals surface area contributed by atoms with E-state index in [9.17, 15) is 14.9 Å². The fourth-order valence-electron chi connectivity index (χ4n) is 1.94. The number of benzene rings is 1. The second-order valence-corrected chi connectivity index (χ2v) is 5.79. The number of nitro benzene ring substituents is 1. The zero-order chi connectivity index (χ0) is 15.5. The Balaban J connectivity index is 0.00000400. The van der Waals surface area contributed by atoms with Crippen LogP contribution >= 0.6 is 12.4 Å². The van der Waals surface area contributed by atoms with Crippen molar-refractivity contribution in [1.82, 2.24) is 4.90 Å². The predicted octanol–water partition coefficient (Wildman–Crippen LogP) is 2.38. The summed E-state index contributed by atoms with van der Waals surface area (Å²) in [6.07, 6.45) is 0. The molecule has 0 atom stereocenters. The van der Waals surface area contributed by atoms with E-state index in [1.54, 1.807) is 31.0 Å². The lowest BCUT2D eigenvalue weighted by Crippen LogP contribution is -2.39. The highest BCUT2D eigenvalue weighted by atomic mass is 35.5. The van der Waals surface area contributed by atoms with E-state index in [1.807, 2.05) is 13.8 Å². The summed E-state index contributed by atoms with van der Waals surface area (Å²) in [7, 11) is 1.67. The Morgan fingerprint density at radius 1 is 1.43 bits per heavy atom. The molecule has 0 heterocycles. The molecule has 1 aromatic carbocycles. The number of halogens is 1. The smallest absolute Gasteiger partial charge is 0.273 e. The van der Waals surface area contributed by atoms with Gasteiger partial charge < -0.3 is 10.6 Å². The number of hydrogen-bond donors (Lipinski definition) is 1. The molecule has 21 heavy (non-hydrogen) atoms. The average molecular weight is 316 g/mol. The molecule has 0 unspecified atom stereocenters. The summed E-state index contributed by atoms with van der Waals surface area (Å²) in [6, 6.07) is 4.52. The number of rotatable bonds is 5. The van der Waals surface area contributed by atoms with Crippen LogP contribution in [0.5, 0.6) is 0 Å². The van der Waals surface area contributed by atoms with E-state index < -0.39 is 4.92 Å². The molecule has 0 radical (unpaired) electrons. The van der Waals surface area contributed by atoms with Crippen LogP contribution in [0.2, 0.25) is 0 Å². The number of nitrogens with two attached hydrogens (primary N) is 1. The molecule has 0 bridgehead atoms. The summed E-state index contributed by atoms with van der Waals surface area (Å²) < 4.78 is 0. The second-order valence-electron chi connectivity index (χ2n) is 5.79. The van der Waals surface area contributed by atoms with Gasteiger partial charge in [-0.05, 0) is 24.9 Å². The third-order valence-electron chi connectivity index (χ3n) is 3.22. The number of carbonyl (C=O) groups is 1. The van der Waals surface area contributed by atoms with Crippen LogP contribution < -0.4 is 5.73 Å². The van der Waals surface area contributed by atoms with Gasteiger partial charge in [0.1, 0.15) is 0 Å². The third-order valence-corrected chi connectivity index (χ3v) is 3.22. The van der Waals surface area contributed by atoms with Gasteiger partial charge >= 0.3 is 0 Å². The fraction of sp³-hybridized carbons (Fsp3) is 0.500. The van der Waals surface area contributed by atoms with Crippen LogP contribution in [-0.2, 0) is 0 Å². The molecular formula is C14H22ClN3O3. The lowest BCUT2D eigenvalue weighted by molar-refractivity contribution is -0.385. The normalized spacial score (nSPS) is 10.7. The van der Waals surface area contributed by atoms with E-state index >= 15 is 0 Å². The van der Waals surface area contributed by atoms with Crippen LogP contribution in [-0.4, -0.2) is 35.9 Å². The van der Waals surface area contributed by atoms with E-state index in [-0.39, 0.29) is 29.4 Å². The fourth-order valence-corrected chi connectivity index (χ4v) is 1.94. The monoisotopic (exact) mass is 315 g/mol. The van der Waals surface area contributed by atoms with E-state index in [0.717, 1.165) is 0 Å². The summed E-state index contributed by atoms with van der Waals surface area (Å²) in [6.45, 7) is 6.53. The summed E-state index contributed by atoms with van der Waals surface area (Å²) in [4.78, 5) is 24.3. The van der Waals surface area contributed by atoms with Crippen LogP contribution in [0.15, 0.2) is 18.2 Å². The number of carbonyl (C=O) groups excluding carboxylic acids is 1. The molecule has 0 aromatic heterocycles. The van der Waals surface area contributed by atoms with Crippen LogP contribution in [0.4, 0.5) is 5.69 Å². The minimum Gasteiger partial charge on any atom is -0.341 e. The molecule has 7 heteroatoms. The van der Waals surface area contributed by atoms with Gasteiger partial charge in [-0.3, -0.25) is 14.9 Å². The Hall–Kier alpha value is -1.66. The maximum atomic E-state index is 12.3. The number of hydrogen-bond acceptors (Lipinski definition) is 4. The molecule has 0 saturated carbocycles. The maximum Gasteiger partial charge on any atom is 0.273 e. The SMILES string of the molecule is Cc1ccc(C(=O)N(C)CC(C)(C)CN)cc1[N+](=O)[O-].Cl. The minimum absolute atomic E-state index is 0. The Morgan fingerprint density at radius 3 is 2.48 bits per heavy atom.